The molecule has 43 valence electrons. The van der Waals surface area contributed by atoms with E-state index in [0.717, 1.165) is 0 Å². The molecule has 1 nitrogen and oxygen atoms in total. The van der Waals surface area contributed by atoms with Gasteiger partial charge in [-0.3, -0.25) is 0 Å². The second kappa shape index (κ2) is 96.7. The van der Waals surface area contributed by atoms with Gasteiger partial charge in [-0.2, -0.15) is 0 Å². The quantitative estimate of drug-likeness (QED) is 0.340. The van der Waals surface area contributed by atoms with Crippen molar-refractivity contribution in [2.24, 2.45) is 0 Å². The van der Waals surface area contributed by atoms with Crippen molar-refractivity contribution in [2.45, 2.75) is 0 Å². The van der Waals surface area contributed by atoms with Crippen molar-refractivity contribution in [1.29, 1.82) is 5.26 Å². The summed E-state index contributed by atoms with van der Waals surface area (Å²) in [4.78, 5) is 0. The minimum atomic E-state index is 0. The van der Waals surface area contributed by atoms with Gasteiger partial charge in [0.15, 0.2) is 0 Å². The molecule has 0 atom stereocenters. The zero-order chi connectivity index (χ0) is 2.00. The summed E-state index contributed by atoms with van der Waals surface area (Å²) >= 11 is 0. The zero-order valence-corrected chi connectivity index (χ0v) is 9.27. The first-order chi connectivity index (χ1) is 1.00. The van der Waals surface area contributed by atoms with Gasteiger partial charge < -0.3 is 20.7 Å². The summed E-state index contributed by atoms with van der Waals surface area (Å²) in [6.45, 7) is 4.75. The van der Waals surface area contributed by atoms with Crippen molar-refractivity contribution in [3.05, 3.63) is 14.0 Å². The average molecular weight is 235 g/mol. The van der Waals surface area contributed by atoms with Crippen molar-refractivity contribution in [3.8, 4) is 0 Å². The standard InChI is InChI=1S/CN.CH3.Fe.Mn.Na.Ni.H/c1-2;;;;;;/h;1H3;;;;;/q2*-1;+2;;+1;;-1. The topological polar surface area (TPSA) is 23.8 Å². The Morgan fingerprint density at radius 2 is 1.29 bits per heavy atom. The zero-order valence-electron chi connectivity index (χ0n) is 4.99. The van der Waals surface area contributed by atoms with Gasteiger partial charge >= 0.3 is 46.6 Å². The Balaban J connectivity index is -0.000000000333. The van der Waals surface area contributed by atoms with Crippen LogP contribution in [0.1, 0.15) is 1.43 Å². The van der Waals surface area contributed by atoms with Crippen molar-refractivity contribution < 1.29 is 81.6 Å². The van der Waals surface area contributed by atoms with E-state index in [-0.39, 0.29) is 89.0 Å². The average Bonchev–Trinajstić information content (AvgIpc) is 1.00. The number of hydrogen-bond donors (Lipinski definition) is 0. The molecule has 0 aliphatic rings. The van der Waals surface area contributed by atoms with Crippen molar-refractivity contribution in [1.82, 2.24) is 0 Å². The fourth-order valence-corrected chi connectivity index (χ4v) is 0. The third kappa shape index (κ3) is 71.1. The summed E-state index contributed by atoms with van der Waals surface area (Å²) in [6.07, 6.45) is 0. The maximum Gasteiger partial charge on any atom is 2.00 e. The summed E-state index contributed by atoms with van der Waals surface area (Å²) in [6, 6.07) is 0. The summed E-state index contributed by atoms with van der Waals surface area (Å²) in [7, 11) is 0. The van der Waals surface area contributed by atoms with Crippen LogP contribution in [-0.4, -0.2) is 0 Å². The number of hydrogen-bond acceptors (Lipinski definition) is 1. The van der Waals surface area contributed by atoms with Crippen molar-refractivity contribution in [3.63, 3.8) is 0 Å². The maximum atomic E-state index is 6.25. The second-order valence-electron chi connectivity index (χ2n) is 0. The van der Waals surface area contributed by atoms with Crippen molar-refractivity contribution in [2.75, 3.05) is 0 Å². The molecule has 0 N–H and O–H groups in total. The summed E-state index contributed by atoms with van der Waals surface area (Å²) in [5.41, 5.74) is 0. The first kappa shape index (κ1) is 63.6. The van der Waals surface area contributed by atoms with E-state index in [1.807, 2.05) is 0 Å². The van der Waals surface area contributed by atoms with Crippen LogP contribution in [0, 0.1) is 19.3 Å². The van der Waals surface area contributed by atoms with Gasteiger partial charge in [0.1, 0.15) is 0 Å². The Morgan fingerprint density at radius 1 is 1.29 bits per heavy atom. The third-order valence-corrected chi connectivity index (χ3v) is 0. The van der Waals surface area contributed by atoms with E-state index in [4.69, 9.17) is 11.8 Å². The fraction of sp³-hybridized carbons (Fsp3) is 0. The molecular formula is C2H4FeMnNNaNi. The van der Waals surface area contributed by atoms with E-state index in [2.05, 4.69) is 0 Å². The molecule has 0 heterocycles. The number of rotatable bonds is 0. The van der Waals surface area contributed by atoms with Crippen molar-refractivity contribution >= 4 is 0 Å². The van der Waals surface area contributed by atoms with Gasteiger partial charge in [0.2, 0.25) is 0 Å². The third-order valence-electron chi connectivity index (χ3n) is 0. The van der Waals surface area contributed by atoms with E-state index in [9.17, 15) is 0 Å². The van der Waals surface area contributed by atoms with Crippen LogP contribution in [0.4, 0.5) is 0 Å². The molecule has 0 aromatic heterocycles. The summed E-state index contributed by atoms with van der Waals surface area (Å²) < 4.78 is 0. The van der Waals surface area contributed by atoms with E-state index in [0.29, 0.717) is 0 Å². The SMILES string of the molecule is [C-]#N.[CH3-].[Fe+2].[H-].[Mn].[Na+].[Ni]. The Bertz CT molecular complexity index is 26.8. The van der Waals surface area contributed by atoms with Crippen LogP contribution >= 0.6 is 0 Å². The first-order valence-electron chi connectivity index (χ1n) is 0.224. The van der Waals surface area contributed by atoms with E-state index < -0.39 is 0 Å². The molecule has 0 aromatic rings. The molecule has 0 spiro atoms. The van der Waals surface area contributed by atoms with Crippen LogP contribution in [-0.2, 0) is 50.6 Å². The number of nitrogens with zero attached hydrogens (tertiary/aromatic N) is 1. The van der Waals surface area contributed by atoms with Gasteiger partial charge in [0.05, 0.1) is 0 Å². The molecule has 0 saturated heterocycles. The predicted molar refractivity (Wildman–Crippen MR) is 12.5 cm³/mol. The van der Waals surface area contributed by atoms with Crippen LogP contribution in [0.3, 0.4) is 0 Å². The van der Waals surface area contributed by atoms with Crippen LogP contribution in [0.15, 0.2) is 0 Å². The first-order valence-corrected chi connectivity index (χ1v) is 0.224. The Morgan fingerprint density at radius 3 is 1.29 bits per heavy atom. The maximum absolute atomic E-state index is 6.25. The Labute approximate surface area is 99.6 Å². The van der Waals surface area contributed by atoms with Gasteiger partial charge in [-0.25, -0.2) is 0 Å². The molecule has 7 heavy (non-hydrogen) atoms. The van der Waals surface area contributed by atoms with Gasteiger partial charge in [-0.05, 0) is 0 Å². The minimum absolute atomic E-state index is 0. The minimum Gasteiger partial charge on any atom is -1.00 e. The van der Waals surface area contributed by atoms with E-state index in [1.54, 1.807) is 0 Å². The van der Waals surface area contributed by atoms with Gasteiger partial charge in [0, 0.05) is 33.6 Å². The molecule has 0 rings (SSSR count). The molecule has 0 bridgehead atoms. The predicted octanol–water partition coefficient (Wildman–Crippen LogP) is -2.34. The Kier molecular flexibility index (Phi) is 878. The normalized spacial score (nSPS) is 0.286. The smallest absolute Gasteiger partial charge is 1.00 e. The molecule has 0 aromatic carbocycles. The molecule has 0 aliphatic carbocycles. The van der Waals surface area contributed by atoms with Gasteiger partial charge in [0.25, 0.3) is 0 Å². The van der Waals surface area contributed by atoms with Gasteiger partial charge in [-0.1, -0.05) is 0 Å². The molecule has 0 amide bonds. The largest absolute Gasteiger partial charge is 2.00 e. The Hall–Kier alpha value is 2.02. The summed E-state index contributed by atoms with van der Waals surface area (Å²) in [5, 5.41) is 6.25. The fourth-order valence-electron chi connectivity index (χ4n) is 0. The molecular weight excluding hydrogens is 230 g/mol. The van der Waals surface area contributed by atoms with Crippen LogP contribution in [0.2, 0.25) is 0 Å². The molecule has 0 unspecified atom stereocenters. The molecule has 1 radical (unpaired) electrons. The monoisotopic (exact) mass is 234 g/mol. The van der Waals surface area contributed by atoms with Gasteiger partial charge in [-0.15, -0.1) is 0 Å². The summed E-state index contributed by atoms with van der Waals surface area (Å²) in [5.74, 6) is 0. The molecule has 0 aliphatic heterocycles. The van der Waals surface area contributed by atoms with E-state index in [1.165, 1.54) is 0 Å². The second-order valence-corrected chi connectivity index (χ2v) is 0. The molecule has 0 saturated carbocycles. The molecule has 0 fully saturated rings. The van der Waals surface area contributed by atoms with E-state index >= 15 is 0 Å². The van der Waals surface area contributed by atoms with Crippen LogP contribution < -0.4 is 29.6 Å². The van der Waals surface area contributed by atoms with Crippen LogP contribution in [0.25, 0.3) is 0 Å². The van der Waals surface area contributed by atoms with Crippen LogP contribution in [0.5, 0.6) is 0 Å². The molecule has 5 heteroatoms.